The van der Waals surface area contributed by atoms with Crippen LogP contribution in [0.1, 0.15) is 23.7 Å². The molecule has 1 atom stereocenters. The van der Waals surface area contributed by atoms with Crippen LogP contribution in [0.5, 0.6) is 0 Å². The minimum absolute atomic E-state index is 0.475. The molecule has 3 nitrogen and oxygen atoms in total. The van der Waals surface area contributed by atoms with E-state index in [1.54, 1.807) is 14.0 Å². The minimum atomic E-state index is -0.475. The second-order valence-electron chi connectivity index (χ2n) is 2.28. The fourth-order valence-corrected chi connectivity index (χ4v) is 1.56. The summed E-state index contributed by atoms with van der Waals surface area (Å²) >= 11 is 1.51. The average Bonchev–Trinajstić information content (AvgIpc) is 2.37. The Morgan fingerprint density at radius 2 is 2.55 bits per heavy atom. The summed E-state index contributed by atoms with van der Waals surface area (Å²) < 4.78 is 4.89. The molecule has 0 spiro atoms. The molecule has 0 aliphatic heterocycles. The lowest BCUT2D eigenvalue weighted by Gasteiger charge is -1.96. The normalized spacial score (nSPS) is 13.4. The molecule has 0 fully saturated rings. The van der Waals surface area contributed by atoms with Gasteiger partial charge in [-0.2, -0.15) is 0 Å². The van der Waals surface area contributed by atoms with Crippen molar-refractivity contribution in [1.29, 1.82) is 0 Å². The van der Waals surface area contributed by atoms with Gasteiger partial charge in [0.2, 0.25) is 0 Å². The summed E-state index contributed by atoms with van der Waals surface area (Å²) in [4.78, 5) is 4.14. The van der Waals surface area contributed by atoms with Crippen LogP contribution in [-0.2, 0) is 11.3 Å². The van der Waals surface area contributed by atoms with E-state index in [-0.39, 0.29) is 0 Å². The SMILES string of the molecule is COCc1nc([C@H](C)O)cs1. The molecule has 0 amide bonds. The van der Waals surface area contributed by atoms with Gasteiger partial charge in [0.15, 0.2) is 0 Å². The van der Waals surface area contributed by atoms with Crippen molar-refractivity contribution in [1.82, 2.24) is 4.98 Å². The van der Waals surface area contributed by atoms with Crippen LogP contribution in [-0.4, -0.2) is 17.2 Å². The molecule has 0 aromatic carbocycles. The lowest BCUT2D eigenvalue weighted by atomic mass is 10.3. The zero-order valence-corrected chi connectivity index (χ0v) is 7.39. The Morgan fingerprint density at radius 3 is 3.00 bits per heavy atom. The van der Waals surface area contributed by atoms with Crippen molar-refractivity contribution in [2.24, 2.45) is 0 Å². The molecule has 1 heterocycles. The maximum Gasteiger partial charge on any atom is 0.119 e. The Morgan fingerprint density at radius 1 is 1.82 bits per heavy atom. The van der Waals surface area contributed by atoms with E-state index in [0.717, 1.165) is 10.7 Å². The van der Waals surface area contributed by atoms with E-state index in [1.807, 2.05) is 5.38 Å². The number of nitrogens with zero attached hydrogens (tertiary/aromatic N) is 1. The van der Waals surface area contributed by atoms with E-state index in [1.165, 1.54) is 11.3 Å². The van der Waals surface area contributed by atoms with Gasteiger partial charge >= 0.3 is 0 Å². The second-order valence-corrected chi connectivity index (χ2v) is 3.22. The number of aliphatic hydroxyl groups excluding tert-OH is 1. The van der Waals surface area contributed by atoms with Gasteiger partial charge in [-0.05, 0) is 6.92 Å². The van der Waals surface area contributed by atoms with Gasteiger partial charge in [-0.25, -0.2) is 4.98 Å². The van der Waals surface area contributed by atoms with Crippen LogP contribution >= 0.6 is 11.3 Å². The predicted octanol–water partition coefficient (Wildman–Crippen LogP) is 1.34. The number of aromatic nitrogens is 1. The Hall–Kier alpha value is -0.450. The first-order valence-corrected chi connectivity index (χ1v) is 4.23. The van der Waals surface area contributed by atoms with Gasteiger partial charge in [-0.15, -0.1) is 11.3 Å². The molecule has 62 valence electrons. The summed E-state index contributed by atoms with van der Waals surface area (Å²) in [6.07, 6.45) is -0.475. The average molecular weight is 173 g/mol. The standard InChI is InChI=1S/C7H11NO2S/c1-5(9)6-4-11-7(8-6)3-10-2/h4-5,9H,3H2,1-2H3/t5-/m0/s1. The first-order chi connectivity index (χ1) is 5.24. The Kier molecular flexibility index (Phi) is 2.99. The molecule has 0 saturated heterocycles. The molecule has 1 N–H and O–H groups in total. The lowest BCUT2D eigenvalue weighted by Crippen LogP contribution is -1.92. The molecule has 0 saturated carbocycles. The van der Waals surface area contributed by atoms with Crippen LogP contribution in [0.3, 0.4) is 0 Å². The monoisotopic (exact) mass is 173 g/mol. The molecule has 4 heteroatoms. The van der Waals surface area contributed by atoms with Crippen molar-refractivity contribution in [3.63, 3.8) is 0 Å². The zero-order chi connectivity index (χ0) is 8.27. The van der Waals surface area contributed by atoms with Gasteiger partial charge in [0.05, 0.1) is 18.4 Å². The van der Waals surface area contributed by atoms with Gasteiger partial charge in [-0.3, -0.25) is 0 Å². The smallest absolute Gasteiger partial charge is 0.119 e. The van der Waals surface area contributed by atoms with Gasteiger partial charge < -0.3 is 9.84 Å². The van der Waals surface area contributed by atoms with Crippen LogP contribution in [0.4, 0.5) is 0 Å². The number of hydrogen-bond donors (Lipinski definition) is 1. The third-order valence-electron chi connectivity index (χ3n) is 1.27. The fraction of sp³-hybridized carbons (Fsp3) is 0.571. The van der Waals surface area contributed by atoms with Crippen molar-refractivity contribution < 1.29 is 9.84 Å². The van der Waals surface area contributed by atoms with E-state index in [9.17, 15) is 0 Å². The quantitative estimate of drug-likeness (QED) is 0.750. The summed E-state index contributed by atoms with van der Waals surface area (Å²) in [6, 6.07) is 0. The Balaban J connectivity index is 2.66. The van der Waals surface area contributed by atoms with E-state index < -0.39 is 6.10 Å². The topological polar surface area (TPSA) is 42.4 Å². The molecular formula is C7H11NO2S. The first kappa shape index (κ1) is 8.64. The second kappa shape index (κ2) is 3.80. The number of methoxy groups -OCH3 is 1. The third kappa shape index (κ3) is 2.25. The predicted molar refractivity (Wildman–Crippen MR) is 43.5 cm³/mol. The number of thiazole rings is 1. The molecule has 0 unspecified atom stereocenters. The largest absolute Gasteiger partial charge is 0.387 e. The van der Waals surface area contributed by atoms with E-state index in [4.69, 9.17) is 9.84 Å². The van der Waals surface area contributed by atoms with Crippen LogP contribution in [0, 0.1) is 0 Å². The summed E-state index contributed by atoms with van der Waals surface area (Å²) in [5.74, 6) is 0. The number of aliphatic hydroxyl groups is 1. The highest BCUT2D eigenvalue weighted by molar-refractivity contribution is 7.09. The Bertz CT molecular complexity index is 222. The zero-order valence-electron chi connectivity index (χ0n) is 6.57. The Labute approximate surface area is 69.7 Å². The highest BCUT2D eigenvalue weighted by Crippen LogP contribution is 2.16. The van der Waals surface area contributed by atoms with E-state index in [2.05, 4.69) is 4.98 Å². The van der Waals surface area contributed by atoms with Crippen molar-refractivity contribution in [3.05, 3.63) is 16.1 Å². The number of ether oxygens (including phenoxy) is 1. The minimum Gasteiger partial charge on any atom is -0.387 e. The van der Waals surface area contributed by atoms with Crippen LogP contribution in [0.2, 0.25) is 0 Å². The molecule has 0 aliphatic rings. The lowest BCUT2D eigenvalue weighted by molar-refractivity contribution is 0.180. The van der Waals surface area contributed by atoms with Gasteiger partial charge in [-0.1, -0.05) is 0 Å². The van der Waals surface area contributed by atoms with Gasteiger partial charge in [0.25, 0.3) is 0 Å². The molecule has 1 aromatic rings. The van der Waals surface area contributed by atoms with Crippen molar-refractivity contribution >= 4 is 11.3 Å². The molecular weight excluding hydrogens is 162 g/mol. The maximum absolute atomic E-state index is 9.11. The molecule has 0 aliphatic carbocycles. The summed E-state index contributed by atoms with van der Waals surface area (Å²) in [6.45, 7) is 2.23. The molecule has 1 aromatic heterocycles. The summed E-state index contributed by atoms with van der Waals surface area (Å²) in [7, 11) is 1.63. The van der Waals surface area contributed by atoms with Crippen molar-refractivity contribution in [3.8, 4) is 0 Å². The van der Waals surface area contributed by atoms with Crippen LogP contribution < -0.4 is 0 Å². The van der Waals surface area contributed by atoms with Crippen molar-refractivity contribution in [2.45, 2.75) is 19.6 Å². The summed E-state index contributed by atoms with van der Waals surface area (Å²) in [5.41, 5.74) is 0.724. The summed E-state index contributed by atoms with van der Waals surface area (Å²) in [5, 5.41) is 11.9. The molecule has 11 heavy (non-hydrogen) atoms. The van der Waals surface area contributed by atoms with Crippen LogP contribution in [0.15, 0.2) is 5.38 Å². The fourth-order valence-electron chi connectivity index (χ4n) is 0.707. The highest BCUT2D eigenvalue weighted by Gasteiger charge is 2.05. The maximum atomic E-state index is 9.11. The number of hydrogen-bond acceptors (Lipinski definition) is 4. The molecule has 0 bridgehead atoms. The van der Waals surface area contributed by atoms with E-state index >= 15 is 0 Å². The highest BCUT2D eigenvalue weighted by atomic mass is 32.1. The van der Waals surface area contributed by atoms with Crippen LogP contribution in [0.25, 0.3) is 0 Å². The number of rotatable bonds is 3. The van der Waals surface area contributed by atoms with Crippen molar-refractivity contribution in [2.75, 3.05) is 7.11 Å². The first-order valence-electron chi connectivity index (χ1n) is 3.35. The van der Waals surface area contributed by atoms with E-state index in [0.29, 0.717) is 6.61 Å². The third-order valence-corrected chi connectivity index (χ3v) is 2.11. The van der Waals surface area contributed by atoms with Gasteiger partial charge in [0, 0.05) is 12.5 Å². The molecule has 1 rings (SSSR count). The molecule has 0 radical (unpaired) electrons. The van der Waals surface area contributed by atoms with Gasteiger partial charge in [0.1, 0.15) is 5.01 Å².